The van der Waals surface area contributed by atoms with Gasteiger partial charge >= 0.3 is 0 Å². The van der Waals surface area contributed by atoms with E-state index in [0.717, 1.165) is 5.56 Å². The molecule has 1 amide bonds. The average molecular weight is 381 g/mol. The van der Waals surface area contributed by atoms with Gasteiger partial charge in [-0.15, -0.1) is 0 Å². The number of aryl methyl sites for hydroxylation is 1. The first kappa shape index (κ1) is 17.6. The monoisotopic (exact) mass is 380 g/mol. The third kappa shape index (κ3) is 4.46. The fourth-order valence-corrected chi connectivity index (χ4v) is 4.40. The van der Waals surface area contributed by atoms with Crippen LogP contribution in [-0.4, -0.2) is 41.8 Å². The Hall–Kier alpha value is -2.19. The highest BCUT2D eigenvalue weighted by atomic mass is 35.5. The molecule has 0 saturated carbocycles. The van der Waals surface area contributed by atoms with Crippen molar-refractivity contribution in [2.45, 2.75) is 19.4 Å². The van der Waals surface area contributed by atoms with E-state index < -0.39 is 15.7 Å². The topological polar surface area (TPSA) is 101 Å². The van der Waals surface area contributed by atoms with Gasteiger partial charge in [0.05, 0.1) is 11.5 Å². The van der Waals surface area contributed by atoms with Gasteiger partial charge in [-0.2, -0.15) is 0 Å². The van der Waals surface area contributed by atoms with Crippen LogP contribution in [0.5, 0.6) is 0 Å². The van der Waals surface area contributed by atoms with E-state index in [0.29, 0.717) is 22.9 Å². The maximum Gasteiger partial charge on any atom is 0.274 e. The van der Waals surface area contributed by atoms with Crippen LogP contribution in [-0.2, 0) is 9.84 Å². The summed E-state index contributed by atoms with van der Waals surface area (Å²) in [7, 11) is -2.99. The second-order valence-corrected chi connectivity index (χ2v) is 8.59. The van der Waals surface area contributed by atoms with Crippen molar-refractivity contribution >= 4 is 38.9 Å². The van der Waals surface area contributed by atoms with Crippen molar-refractivity contribution in [1.82, 2.24) is 9.97 Å². The number of sulfone groups is 1. The van der Waals surface area contributed by atoms with Gasteiger partial charge in [0.2, 0.25) is 0 Å². The standard InChI is InChI=1S/C16H17ClN4O3S/c1-10-2-3-11(6-13(10)17)21-16(22)14-7-15(19-9-18-14)20-12-4-5-25(23,24)8-12/h2-3,6-7,9,12H,4-5,8H2,1H3,(H,21,22)(H,18,19,20). The van der Waals surface area contributed by atoms with Crippen LogP contribution in [0.4, 0.5) is 11.5 Å². The van der Waals surface area contributed by atoms with Crippen molar-refractivity contribution in [1.29, 1.82) is 0 Å². The minimum atomic E-state index is -2.99. The summed E-state index contributed by atoms with van der Waals surface area (Å²) >= 11 is 6.05. The van der Waals surface area contributed by atoms with Gasteiger partial charge < -0.3 is 10.6 Å². The largest absolute Gasteiger partial charge is 0.366 e. The maximum absolute atomic E-state index is 12.3. The number of carbonyl (C=O) groups is 1. The van der Waals surface area contributed by atoms with E-state index in [9.17, 15) is 13.2 Å². The lowest BCUT2D eigenvalue weighted by Crippen LogP contribution is -2.22. The van der Waals surface area contributed by atoms with E-state index in [4.69, 9.17) is 11.6 Å². The Morgan fingerprint density at radius 2 is 2.08 bits per heavy atom. The molecule has 9 heteroatoms. The molecule has 7 nitrogen and oxygen atoms in total. The Kier molecular flexibility index (Phi) is 4.91. The van der Waals surface area contributed by atoms with Crippen molar-refractivity contribution in [3.8, 4) is 0 Å². The lowest BCUT2D eigenvalue weighted by Gasteiger charge is -2.12. The van der Waals surface area contributed by atoms with E-state index in [1.807, 2.05) is 13.0 Å². The van der Waals surface area contributed by atoms with Gasteiger partial charge in [-0.3, -0.25) is 4.79 Å². The first-order valence-corrected chi connectivity index (χ1v) is 9.89. The van der Waals surface area contributed by atoms with Gasteiger partial charge in [0.15, 0.2) is 9.84 Å². The zero-order valence-electron chi connectivity index (χ0n) is 13.5. The first-order chi connectivity index (χ1) is 11.8. The van der Waals surface area contributed by atoms with E-state index in [-0.39, 0.29) is 23.2 Å². The fourth-order valence-electron chi connectivity index (χ4n) is 2.54. The maximum atomic E-state index is 12.3. The van der Waals surface area contributed by atoms with Gasteiger partial charge in [-0.25, -0.2) is 18.4 Å². The van der Waals surface area contributed by atoms with Gasteiger partial charge in [0.25, 0.3) is 5.91 Å². The number of benzene rings is 1. The summed E-state index contributed by atoms with van der Waals surface area (Å²) in [6.07, 6.45) is 1.79. The highest BCUT2D eigenvalue weighted by molar-refractivity contribution is 7.91. The summed E-state index contributed by atoms with van der Waals surface area (Å²) in [6, 6.07) is 6.52. The Morgan fingerprint density at radius 3 is 2.76 bits per heavy atom. The summed E-state index contributed by atoms with van der Waals surface area (Å²) in [5.74, 6) is 0.256. The van der Waals surface area contributed by atoms with Crippen LogP contribution in [0.15, 0.2) is 30.6 Å². The van der Waals surface area contributed by atoms with E-state index >= 15 is 0 Å². The molecule has 0 bridgehead atoms. The Morgan fingerprint density at radius 1 is 1.28 bits per heavy atom. The molecule has 1 aliphatic rings. The van der Waals surface area contributed by atoms with E-state index in [1.165, 1.54) is 12.4 Å². The number of nitrogens with zero attached hydrogens (tertiary/aromatic N) is 2. The molecule has 1 aliphatic heterocycles. The zero-order valence-corrected chi connectivity index (χ0v) is 15.1. The predicted molar refractivity (Wildman–Crippen MR) is 96.9 cm³/mol. The number of halogens is 1. The molecule has 3 rings (SSSR count). The zero-order chi connectivity index (χ0) is 18.0. The first-order valence-electron chi connectivity index (χ1n) is 7.69. The molecule has 0 radical (unpaired) electrons. The van der Waals surface area contributed by atoms with Crippen LogP contribution < -0.4 is 10.6 Å². The minimum absolute atomic E-state index is 0.0698. The molecule has 1 atom stereocenters. The Balaban J connectivity index is 1.70. The number of amides is 1. The third-order valence-corrected chi connectivity index (χ3v) is 6.09. The van der Waals surface area contributed by atoms with Crippen molar-refractivity contribution in [3.63, 3.8) is 0 Å². The molecule has 1 aromatic heterocycles. The van der Waals surface area contributed by atoms with Crippen LogP contribution >= 0.6 is 11.6 Å². The van der Waals surface area contributed by atoms with Crippen LogP contribution in [0.25, 0.3) is 0 Å². The molecule has 25 heavy (non-hydrogen) atoms. The molecule has 132 valence electrons. The lowest BCUT2D eigenvalue weighted by molar-refractivity contribution is 0.102. The summed E-state index contributed by atoms with van der Waals surface area (Å²) < 4.78 is 23.0. The van der Waals surface area contributed by atoms with Gasteiger partial charge in [0, 0.05) is 22.8 Å². The van der Waals surface area contributed by atoms with Gasteiger partial charge in [-0.1, -0.05) is 17.7 Å². The van der Waals surface area contributed by atoms with Crippen molar-refractivity contribution in [2.75, 3.05) is 22.1 Å². The Labute approximate surface area is 150 Å². The molecule has 1 fully saturated rings. The number of rotatable bonds is 4. The average Bonchev–Trinajstić information content (AvgIpc) is 2.90. The molecular formula is C16H17ClN4O3S. The van der Waals surface area contributed by atoms with Crippen molar-refractivity contribution in [2.24, 2.45) is 0 Å². The number of nitrogens with one attached hydrogen (secondary N) is 2. The quantitative estimate of drug-likeness (QED) is 0.843. The van der Waals surface area contributed by atoms with Crippen LogP contribution in [0.1, 0.15) is 22.5 Å². The highest BCUT2D eigenvalue weighted by Gasteiger charge is 2.28. The highest BCUT2D eigenvalue weighted by Crippen LogP contribution is 2.21. The fraction of sp³-hybridized carbons (Fsp3) is 0.312. The third-order valence-electron chi connectivity index (χ3n) is 3.91. The van der Waals surface area contributed by atoms with Crippen LogP contribution in [0, 0.1) is 6.92 Å². The molecule has 0 spiro atoms. The SMILES string of the molecule is Cc1ccc(NC(=O)c2cc(NC3CCS(=O)(=O)C3)ncn2)cc1Cl. The number of hydrogen-bond acceptors (Lipinski definition) is 6. The summed E-state index contributed by atoms with van der Waals surface area (Å²) in [6.45, 7) is 1.87. The number of carbonyl (C=O) groups excluding carboxylic acids is 1. The molecule has 1 saturated heterocycles. The van der Waals surface area contributed by atoms with E-state index in [2.05, 4.69) is 20.6 Å². The normalized spacial score (nSPS) is 18.7. The van der Waals surface area contributed by atoms with Crippen molar-refractivity contribution in [3.05, 3.63) is 46.9 Å². The molecular weight excluding hydrogens is 364 g/mol. The second-order valence-electron chi connectivity index (χ2n) is 5.95. The minimum Gasteiger partial charge on any atom is -0.366 e. The Bertz CT molecular complexity index is 917. The van der Waals surface area contributed by atoms with Crippen molar-refractivity contribution < 1.29 is 13.2 Å². The molecule has 2 heterocycles. The predicted octanol–water partition coefficient (Wildman–Crippen LogP) is 2.29. The number of hydrogen-bond donors (Lipinski definition) is 2. The summed E-state index contributed by atoms with van der Waals surface area (Å²) in [5, 5.41) is 6.32. The van der Waals surface area contributed by atoms with Gasteiger partial charge in [0.1, 0.15) is 17.8 Å². The molecule has 1 unspecified atom stereocenters. The molecule has 1 aromatic carbocycles. The van der Waals surface area contributed by atoms with E-state index in [1.54, 1.807) is 12.1 Å². The van der Waals surface area contributed by atoms with Gasteiger partial charge in [-0.05, 0) is 31.0 Å². The summed E-state index contributed by atoms with van der Waals surface area (Å²) in [5.41, 5.74) is 1.66. The smallest absolute Gasteiger partial charge is 0.274 e. The lowest BCUT2D eigenvalue weighted by atomic mass is 10.2. The molecule has 2 N–H and O–H groups in total. The number of aromatic nitrogens is 2. The number of anilines is 2. The molecule has 2 aromatic rings. The second kappa shape index (κ2) is 6.97. The van der Waals surface area contributed by atoms with Crippen LogP contribution in [0.3, 0.4) is 0 Å². The molecule has 0 aliphatic carbocycles. The summed E-state index contributed by atoms with van der Waals surface area (Å²) in [4.78, 5) is 20.3. The van der Waals surface area contributed by atoms with Crippen LogP contribution in [0.2, 0.25) is 5.02 Å².